The van der Waals surface area contributed by atoms with Gasteiger partial charge < -0.3 is 15.2 Å². The Labute approximate surface area is 123 Å². The SMILES string of the molecule is CC12CCCN1CCc1[nH]ccc12.O=C(O)/C=C/C(=O)O. The molecule has 3 heterocycles. The van der Waals surface area contributed by atoms with Gasteiger partial charge in [0.1, 0.15) is 0 Å². The van der Waals surface area contributed by atoms with Crippen molar-refractivity contribution >= 4 is 11.9 Å². The summed E-state index contributed by atoms with van der Waals surface area (Å²) < 4.78 is 0. The third-order valence-corrected chi connectivity index (χ3v) is 4.20. The molecule has 1 atom stereocenters. The van der Waals surface area contributed by atoms with E-state index in [2.05, 4.69) is 29.1 Å². The van der Waals surface area contributed by atoms with Crippen molar-refractivity contribution in [2.45, 2.75) is 31.7 Å². The molecule has 1 unspecified atom stereocenters. The number of nitrogens with zero attached hydrogens (tertiary/aromatic N) is 1. The summed E-state index contributed by atoms with van der Waals surface area (Å²) in [5, 5.41) is 15.6. The zero-order valence-corrected chi connectivity index (χ0v) is 12.0. The molecule has 21 heavy (non-hydrogen) atoms. The minimum absolute atomic E-state index is 0.355. The molecule has 1 saturated heterocycles. The van der Waals surface area contributed by atoms with Crippen LogP contribution in [0.2, 0.25) is 0 Å². The second kappa shape index (κ2) is 6.13. The number of nitrogens with one attached hydrogen (secondary N) is 1. The topological polar surface area (TPSA) is 93.6 Å². The van der Waals surface area contributed by atoms with Gasteiger partial charge >= 0.3 is 11.9 Å². The fourth-order valence-corrected chi connectivity index (χ4v) is 3.19. The number of carboxylic acids is 2. The summed E-state index contributed by atoms with van der Waals surface area (Å²) in [5.41, 5.74) is 3.38. The van der Waals surface area contributed by atoms with Crippen LogP contribution in [-0.2, 0) is 21.5 Å². The Balaban J connectivity index is 0.000000177. The largest absolute Gasteiger partial charge is 0.478 e. The predicted octanol–water partition coefficient (Wildman–Crippen LogP) is 1.59. The minimum atomic E-state index is -1.26. The first-order chi connectivity index (χ1) is 9.93. The first-order valence-electron chi connectivity index (χ1n) is 6.99. The van der Waals surface area contributed by atoms with Gasteiger partial charge in [0.25, 0.3) is 0 Å². The zero-order valence-electron chi connectivity index (χ0n) is 12.0. The van der Waals surface area contributed by atoms with Crippen LogP contribution in [0.25, 0.3) is 0 Å². The molecule has 3 N–H and O–H groups in total. The van der Waals surface area contributed by atoms with Crippen molar-refractivity contribution in [1.29, 1.82) is 0 Å². The Morgan fingerprint density at radius 1 is 1.29 bits per heavy atom. The van der Waals surface area contributed by atoms with Gasteiger partial charge in [-0.25, -0.2) is 9.59 Å². The molecule has 0 bridgehead atoms. The van der Waals surface area contributed by atoms with Gasteiger partial charge in [0.2, 0.25) is 0 Å². The van der Waals surface area contributed by atoms with Crippen molar-refractivity contribution in [3.63, 3.8) is 0 Å². The molecule has 0 aromatic carbocycles. The monoisotopic (exact) mass is 292 g/mol. The number of fused-ring (bicyclic) bond motifs is 3. The van der Waals surface area contributed by atoms with E-state index < -0.39 is 11.9 Å². The van der Waals surface area contributed by atoms with E-state index in [1.165, 1.54) is 38.0 Å². The van der Waals surface area contributed by atoms with Crippen molar-refractivity contribution in [3.05, 3.63) is 35.7 Å². The van der Waals surface area contributed by atoms with Crippen molar-refractivity contribution in [2.75, 3.05) is 13.1 Å². The van der Waals surface area contributed by atoms with Gasteiger partial charge in [-0.2, -0.15) is 0 Å². The van der Waals surface area contributed by atoms with E-state index in [1.54, 1.807) is 5.56 Å². The molecule has 3 rings (SSSR count). The molecule has 0 aliphatic carbocycles. The molecule has 1 aromatic rings. The number of aliphatic carboxylic acids is 2. The number of carboxylic acid groups (broad SMARTS) is 2. The van der Waals surface area contributed by atoms with Crippen LogP contribution in [0.15, 0.2) is 24.4 Å². The summed E-state index contributed by atoms with van der Waals surface area (Å²) in [7, 11) is 0. The van der Waals surface area contributed by atoms with Crippen LogP contribution < -0.4 is 0 Å². The Bertz CT molecular complexity index is 548. The number of aromatic nitrogens is 1. The van der Waals surface area contributed by atoms with E-state index in [1.807, 2.05) is 0 Å². The standard InChI is InChI=1S/C11H16N2.C4H4O4/c1-11-5-2-7-13(11)8-4-10-9(11)3-6-12-10;5-3(6)1-2-4(7)8/h3,6,12H,2,4-5,7-8H2,1H3;1-2H,(H,5,6)(H,7,8)/b;2-1+. The molecule has 0 spiro atoms. The van der Waals surface area contributed by atoms with Crippen LogP contribution >= 0.6 is 0 Å². The van der Waals surface area contributed by atoms with Crippen LogP contribution in [0, 0.1) is 0 Å². The maximum Gasteiger partial charge on any atom is 0.328 e. The van der Waals surface area contributed by atoms with Gasteiger partial charge in [-0.3, -0.25) is 4.90 Å². The lowest BCUT2D eigenvalue weighted by molar-refractivity contribution is -0.134. The maximum absolute atomic E-state index is 9.55. The number of hydrogen-bond donors (Lipinski definition) is 3. The molecule has 1 aromatic heterocycles. The normalized spacial score (nSPS) is 24.0. The molecule has 1 fully saturated rings. The van der Waals surface area contributed by atoms with Gasteiger partial charge in [0.05, 0.1) is 0 Å². The highest BCUT2D eigenvalue weighted by Crippen LogP contribution is 2.42. The van der Waals surface area contributed by atoms with E-state index in [-0.39, 0.29) is 0 Å². The fraction of sp³-hybridized carbons (Fsp3) is 0.467. The van der Waals surface area contributed by atoms with Crippen molar-refractivity contribution in [3.8, 4) is 0 Å². The van der Waals surface area contributed by atoms with E-state index in [4.69, 9.17) is 10.2 Å². The van der Waals surface area contributed by atoms with Crippen molar-refractivity contribution in [2.24, 2.45) is 0 Å². The predicted molar refractivity (Wildman–Crippen MR) is 77.1 cm³/mol. The summed E-state index contributed by atoms with van der Waals surface area (Å²) >= 11 is 0. The molecule has 0 amide bonds. The third-order valence-electron chi connectivity index (χ3n) is 4.20. The summed E-state index contributed by atoms with van der Waals surface area (Å²) in [6.07, 6.45) is 7.11. The first-order valence-corrected chi connectivity index (χ1v) is 6.99. The molecular weight excluding hydrogens is 272 g/mol. The molecule has 6 nitrogen and oxygen atoms in total. The van der Waals surface area contributed by atoms with Gasteiger partial charge in [-0.05, 0) is 37.9 Å². The third kappa shape index (κ3) is 3.33. The van der Waals surface area contributed by atoms with Crippen LogP contribution in [-0.4, -0.2) is 45.1 Å². The Morgan fingerprint density at radius 2 is 1.95 bits per heavy atom. The van der Waals surface area contributed by atoms with Crippen molar-refractivity contribution < 1.29 is 19.8 Å². The van der Waals surface area contributed by atoms with Crippen LogP contribution in [0.4, 0.5) is 0 Å². The minimum Gasteiger partial charge on any atom is -0.478 e. The quantitative estimate of drug-likeness (QED) is 0.720. The van der Waals surface area contributed by atoms with Crippen molar-refractivity contribution in [1.82, 2.24) is 9.88 Å². The van der Waals surface area contributed by atoms with Crippen LogP contribution in [0.3, 0.4) is 0 Å². The maximum atomic E-state index is 9.55. The number of carbonyl (C=O) groups is 2. The molecule has 6 heteroatoms. The smallest absolute Gasteiger partial charge is 0.328 e. The zero-order chi connectivity index (χ0) is 15.5. The second-order valence-corrected chi connectivity index (χ2v) is 5.49. The highest BCUT2D eigenvalue weighted by molar-refractivity contribution is 5.89. The summed E-state index contributed by atoms with van der Waals surface area (Å²) in [4.78, 5) is 25.1. The summed E-state index contributed by atoms with van der Waals surface area (Å²) in [5.74, 6) is -2.51. The van der Waals surface area contributed by atoms with E-state index in [0.717, 1.165) is 0 Å². The van der Waals surface area contributed by atoms with Crippen LogP contribution in [0.1, 0.15) is 31.0 Å². The lowest BCUT2D eigenvalue weighted by atomic mass is 9.86. The molecule has 2 aliphatic heterocycles. The van der Waals surface area contributed by atoms with Gasteiger partial charge in [-0.1, -0.05) is 0 Å². The molecule has 0 saturated carbocycles. The Kier molecular flexibility index (Phi) is 4.47. The van der Waals surface area contributed by atoms with Gasteiger partial charge in [0.15, 0.2) is 0 Å². The number of hydrogen-bond acceptors (Lipinski definition) is 3. The Morgan fingerprint density at radius 3 is 2.57 bits per heavy atom. The Hall–Kier alpha value is -2.08. The molecule has 114 valence electrons. The molecule has 2 aliphatic rings. The van der Waals surface area contributed by atoms with Crippen LogP contribution in [0.5, 0.6) is 0 Å². The number of H-pyrrole nitrogens is 1. The van der Waals surface area contributed by atoms with Gasteiger partial charge in [-0.15, -0.1) is 0 Å². The molecular formula is C15H20N2O4. The first kappa shape index (κ1) is 15.3. The highest BCUT2D eigenvalue weighted by Gasteiger charge is 2.42. The average molecular weight is 292 g/mol. The lowest BCUT2D eigenvalue weighted by Crippen LogP contribution is -2.43. The van der Waals surface area contributed by atoms with E-state index >= 15 is 0 Å². The second-order valence-electron chi connectivity index (χ2n) is 5.49. The number of aromatic amines is 1. The van der Waals surface area contributed by atoms with E-state index in [0.29, 0.717) is 17.7 Å². The molecule has 0 radical (unpaired) electrons. The summed E-state index contributed by atoms with van der Waals surface area (Å²) in [6, 6.07) is 2.27. The summed E-state index contributed by atoms with van der Waals surface area (Å²) in [6.45, 7) is 4.93. The fourth-order valence-electron chi connectivity index (χ4n) is 3.19. The highest BCUT2D eigenvalue weighted by atomic mass is 16.4. The lowest BCUT2D eigenvalue weighted by Gasteiger charge is -2.39. The average Bonchev–Trinajstić information content (AvgIpc) is 3.02. The van der Waals surface area contributed by atoms with Gasteiger partial charge in [0, 0.05) is 42.5 Å². The number of rotatable bonds is 2. The van der Waals surface area contributed by atoms with E-state index in [9.17, 15) is 9.59 Å².